The van der Waals surface area contributed by atoms with E-state index in [0.717, 1.165) is 4.88 Å². The number of thiophene rings is 1. The van der Waals surface area contributed by atoms with Crippen LogP contribution in [-0.2, 0) is 16.1 Å². The van der Waals surface area contributed by atoms with Gasteiger partial charge in [-0.1, -0.05) is 20.8 Å². The summed E-state index contributed by atoms with van der Waals surface area (Å²) < 4.78 is 0. The molecule has 0 saturated carbocycles. The SMILES string of the molecule is CCC1NC(=O)C(C(C)C)N(Cc2cc(C)c(C)s2)C1=O. The van der Waals surface area contributed by atoms with Gasteiger partial charge in [0.05, 0.1) is 6.54 Å². The van der Waals surface area contributed by atoms with Crippen LogP contribution in [0.25, 0.3) is 0 Å². The summed E-state index contributed by atoms with van der Waals surface area (Å²) in [5.41, 5.74) is 1.25. The summed E-state index contributed by atoms with van der Waals surface area (Å²) in [4.78, 5) is 29.1. The number of carbonyl (C=O) groups is 2. The molecule has 0 radical (unpaired) electrons. The molecule has 0 aromatic carbocycles. The molecule has 1 aromatic heterocycles. The Morgan fingerprint density at radius 3 is 2.48 bits per heavy atom. The van der Waals surface area contributed by atoms with E-state index in [-0.39, 0.29) is 29.8 Å². The number of hydrogen-bond acceptors (Lipinski definition) is 3. The van der Waals surface area contributed by atoms with E-state index in [0.29, 0.717) is 13.0 Å². The van der Waals surface area contributed by atoms with Gasteiger partial charge in [-0.15, -0.1) is 11.3 Å². The maximum absolute atomic E-state index is 12.6. The standard InChI is InChI=1S/C16H24N2O2S/c1-6-13-16(20)18(14(9(2)3)15(19)17-13)8-12-7-10(4)11(5)21-12/h7,9,13-14H,6,8H2,1-5H3,(H,17,19). The van der Waals surface area contributed by atoms with Crippen LogP contribution in [0.4, 0.5) is 0 Å². The van der Waals surface area contributed by atoms with Crippen molar-refractivity contribution in [3.8, 4) is 0 Å². The van der Waals surface area contributed by atoms with Crippen LogP contribution in [0.3, 0.4) is 0 Å². The third-order valence-corrected chi connectivity index (χ3v) is 5.22. The molecule has 1 aliphatic heterocycles. The second-order valence-electron chi connectivity index (χ2n) is 6.08. The Kier molecular flexibility index (Phi) is 4.71. The van der Waals surface area contributed by atoms with E-state index in [4.69, 9.17) is 0 Å². The number of nitrogens with one attached hydrogen (secondary N) is 1. The van der Waals surface area contributed by atoms with Crippen LogP contribution in [0, 0.1) is 19.8 Å². The average molecular weight is 308 g/mol. The molecule has 2 unspecified atom stereocenters. The van der Waals surface area contributed by atoms with Crippen molar-refractivity contribution in [2.45, 2.75) is 59.7 Å². The zero-order valence-electron chi connectivity index (χ0n) is 13.4. The second-order valence-corrected chi connectivity index (χ2v) is 7.42. The molecule has 1 aliphatic rings. The maximum atomic E-state index is 12.6. The van der Waals surface area contributed by atoms with Crippen molar-refractivity contribution in [1.29, 1.82) is 0 Å². The van der Waals surface area contributed by atoms with Gasteiger partial charge in [-0.25, -0.2) is 0 Å². The minimum atomic E-state index is -0.380. The highest BCUT2D eigenvalue weighted by atomic mass is 32.1. The van der Waals surface area contributed by atoms with Crippen LogP contribution >= 0.6 is 11.3 Å². The quantitative estimate of drug-likeness (QED) is 0.929. The fraction of sp³-hybridized carbons (Fsp3) is 0.625. The Morgan fingerprint density at radius 1 is 1.33 bits per heavy atom. The predicted octanol–water partition coefficient (Wildman–Crippen LogP) is 2.63. The number of piperazine rings is 1. The molecule has 1 N–H and O–H groups in total. The van der Waals surface area contributed by atoms with Crippen molar-refractivity contribution >= 4 is 23.2 Å². The average Bonchev–Trinajstić information content (AvgIpc) is 2.71. The molecule has 5 heteroatoms. The Bertz CT molecular complexity index is 531. The number of aryl methyl sites for hydroxylation is 2. The van der Waals surface area contributed by atoms with Crippen molar-refractivity contribution in [2.24, 2.45) is 5.92 Å². The second kappa shape index (κ2) is 6.18. The molecule has 4 nitrogen and oxygen atoms in total. The maximum Gasteiger partial charge on any atom is 0.246 e. The highest BCUT2D eigenvalue weighted by Gasteiger charge is 2.41. The normalized spacial score (nSPS) is 22.9. The summed E-state index contributed by atoms with van der Waals surface area (Å²) in [5, 5.41) is 2.85. The van der Waals surface area contributed by atoms with Gasteiger partial charge in [-0.05, 0) is 37.8 Å². The molecular weight excluding hydrogens is 284 g/mol. The molecule has 1 saturated heterocycles. The molecule has 116 valence electrons. The third kappa shape index (κ3) is 3.12. The van der Waals surface area contributed by atoms with Gasteiger partial charge in [-0.3, -0.25) is 9.59 Å². The molecule has 21 heavy (non-hydrogen) atoms. The van der Waals surface area contributed by atoms with Crippen LogP contribution in [0.2, 0.25) is 0 Å². The van der Waals surface area contributed by atoms with Gasteiger partial charge >= 0.3 is 0 Å². The zero-order chi connectivity index (χ0) is 15.7. The van der Waals surface area contributed by atoms with Gasteiger partial charge in [0.15, 0.2) is 0 Å². The highest BCUT2D eigenvalue weighted by Crippen LogP contribution is 2.26. The molecule has 2 amide bonds. The first-order valence-electron chi connectivity index (χ1n) is 7.51. The van der Waals surface area contributed by atoms with E-state index < -0.39 is 0 Å². The van der Waals surface area contributed by atoms with Gasteiger partial charge in [0.1, 0.15) is 12.1 Å². The van der Waals surface area contributed by atoms with E-state index in [9.17, 15) is 9.59 Å². The minimum absolute atomic E-state index is 0.0264. The van der Waals surface area contributed by atoms with Crippen LogP contribution in [0.15, 0.2) is 6.07 Å². The van der Waals surface area contributed by atoms with Crippen molar-refractivity contribution in [3.63, 3.8) is 0 Å². The molecule has 2 rings (SSSR count). The number of carbonyl (C=O) groups excluding carboxylic acids is 2. The third-order valence-electron chi connectivity index (χ3n) is 4.08. The van der Waals surface area contributed by atoms with E-state index in [1.165, 1.54) is 10.4 Å². The van der Waals surface area contributed by atoms with E-state index in [2.05, 4.69) is 25.2 Å². The summed E-state index contributed by atoms with van der Waals surface area (Å²) in [7, 11) is 0. The fourth-order valence-corrected chi connectivity index (χ4v) is 3.86. The Balaban J connectivity index is 2.29. The molecule has 0 bridgehead atoms. The van der Waals surface area contributed by atoms with Crippen molar-refractivity contribution in [2.75, 3.05) is 0 Å². The van der Waals surface area contributed by atoms with Crippen molar-refractivity contribution in [1.82, 2.24) is 10.2 Å². The lowest BCUT2D eigenvalue weighted by Gasteiger charge is -2.40. The Morgan fingerprint density at radius 2 is 2.00 bits per heavy atom. The molecule has 0 spiro atoms. The lowest BCUT2D eigenvalue weighted by molar-refractivity contribution is -0.151. The number of nitrogens with zero attached hydrogens (tertiary/aromatic N) is 1. The van der Waals surface area contributed by atoms with E-state index in [1.54, 1.807) is 16.2 Å². The van der Waals surface area contributed by atoms with Crippen molar-refractivity contribution in [3.05, 3.63) is 21.4 Å². The van der Waals surface area contributed by atoms with Crippen LogP contribution in [0.5, 0.6) is 0 Å². The molecular formula is C16H24N2O2S. The molecule has 2 heterocycles. The molecule has 1 fully saturated rings. The van der Waals surface area contributed by atoms with Gasteiger partial charge in [0, 0.05) is 9.75 Å². The van der Waals surface area contributed by atoms with Gasteiger partial charge in [0.25, 0.3) is 0 Å². The summed E-state index contributed by atoms with van der Waals surface area (Å²) in [5.74, 6) is 0.120. The smallest absolute Gasteiger partial charge is 0.246 e. The Hall–Kier alpha value is -1.36. The number of rotatable bonds is 4. The molecule has 1 aromatic rings. The highest BCUT2D eigenvalue weighted by molar-refractivity contribution is 7.12. The van der Waals surface area contributed by atoms with E-state index >= 15 is 0 Å². The summed E-state index contributed by atoms with van der Waals surface area (Å²) >= 11 is 1.71. The lowest BCUT2D eigenvalue weighted by atomic mass is 9.96. The first kappa shape index (κ1) is 16.0. The largest absolute Gasteiger partial charge is 0.343 e. The van der Waals surface area contributed by atoms with E-state index in [1.807, 2.05) is 20.8 Å². The molecule has 0 aliphatic carbocycles. The monoisotopic (exact) mass is 308 g/mol. The molecule has 2 atom stereocenters. The first-order valence-corrected chi connectivity index (χ1v) is 8.33. The zero-order valence-corrected chi connectivity index (χ0v) is 14.2. The minimum Gasteiger partial charge on any atom is -0.343 e. The summed E-state index contributed by atoms with van der Waals surface area (Å²) in [6.07, 6.45) is 0.633. The summed E-state index contributed by atoms with van der Waals surface area (Å²) in [6, 6.07) is 1.37. The van der Waals surface area contributed by atoms with Gasteiger partial charge < -0.3 is 10.2 Å². The summed E-state index contributed by atoms with van der Waals surface area (Å²) in [6.45, 7) is 10.6. The predicted molar refractivity (Wildman–Crippen MR) is 85.2 cm³/mol. The first-order chi connectivity index (χ1) is 9.85. The lowest BCUT2D eigenvalue weighted by Crippen LogP contribution is -2.64. The Labute approximate surface area is 130 Å². The van der Waals surface area contributed by atoms with Gasteiger partial charge in [-0.2, -0.15) is 0 Å². The topological polar surface area (TPSA) is 49.4 Å². The van der Waals surface area contributed by atoms with Crippen LogP contribution in [0.1, 0.15) is 42.5 Å². The number of amides is 2. The van der Waals surface area contributed by atoms with Crippen molar-refractivity contribution < 1.29 is 9.59 Å². The van der Waals surface area contributed by atoms with Gasteiger partial charge in [0.2, 0.25) is 11.8 Å². The fourth-order valence-electron chi connectivity index (χ4n) is 2.81. The van der Waals surface area contributed by atoms with Crippen LogP contribution < -0.4 is 5.32 Å². The van der Waals surface area contributed by atoms with Crippen LogP contribution in [-0.4, -0.2) is 28.8 Å². The number of hydrogen-bond donors (Lipinski definition) is 1.